The average Bonchev–Trinajstić information content (AvgIpc) is 2.01. The molecule has 0 aliphatic heterocycles. The smallest absolute Gasteiger partial charge is 0.328 e. The molecule has 0 amide bonds. The molecule has 0 aromatic heterocycles. The van der Waals surface area contributed by atoms with Crippen LogP contribution in [0.4, 0.5) is 0 Å². The average molecular weight is 199 g/mol. The van der Waals surface area contributed by atoms with Crippen LogP contribution in [-0.4, -0.2) is 35.1 Å². The van der Waals surface area contributed by atoms with E-state index in [1.165, 1.54) is 6.08 Å². The van der Waals surface area contributed by atoms with Gasteiger partial charge in [-0.3, -0.25) is 4.90 Å². The van der Waals surface area contributed by atoms with Gasteiger partial charge in [-0.25, -0.2) is 4.79 Å². The Bertz CT molecular complexity index is 209. The van der Waals surface area contributed by atoms with Gasteiger partial charge in [0.2, 0.25) is 0 Å². The van der Waals surface area contributed by atoms with E-state index in [1.807, 2.05) is 6.92 Å². The molecule has 0 aromatic rings. The van der Waals surface area contributed by atoms with Crippen LogP contribution in [0, 0.1) is 0 Å². The predicted molar refractivity (Wildman–Crippen MR) is 58.4 cm³/mol. The molecule has 0 aliphatic carbocycles. The summed E-state index contributed by atoms with van der Waals surface area (Å²) in [6.45, 7) is 10.0. The molecule has 0 spiro atoms. The predicted octanol–water partition coefficient (Wildman–Crippen LogP) is 2.14. The van der Waals surface area contributed by atoms with Crippen LogP contribution in [0.3, 0.4) is 0 Å². The number of aliphatic carboxylic acids is 1. The molecule has 0 radical (unpaired) electrons. The van der Waals surface area contributed by atoms with E-state index in [-0.39, 0.29) is 0 Å². The molecule has 0 aliphatic rings. The van der Waals surface area contributed by atoms with Crippen LogP contribution in [-0.2, 0) is 4.79 Å². The lowest BCUT2D eigenvalue weighted by Gasteiger charge is -2.26. The first-order valence-electron chi connectivity index (χ1n) is 5.11. The molecule has 0 heterocycles. The fraction of sp³-hybridized carbons (Fsp3) is 0.727. The molecule has 0 fully saturated rings. The van der Waals surface area contributed by atoms with Crippen LogP contribution in [0.25, 0.3) is 0 Å². The summed E-state index contributed by atoms with van der Waals surface area (Å²) in [7, 11) is 0. The van der Waals surface area contributed by atoms with Crippen molar-refractivity contribution in [3.8, 4) is 0 Å². The first kappa shape index (κ1) is 13.2. The van der Waals surface area contributed by atoms with Gasteiger partial charge in [-0.1, -0.05) is 12.5 Å². The Kier molecular flexibility index (Phi) is 6.21. The minimum Gasteiger partial charge on any atom is -0.478 e. The summed E-state index contributed by atoms with van der Waals surface area (Å²) in [5.41, 5.74) is 0.902. The van der Waals surface area contributed by atoms with Gasteiger partial charge >= 0.3 is 5.97 Å². The standard InChI is InChI=1S/C11H21NO2/c1-5-6-12(9(2)3)8-10(4)7-11(13)14/h7,9H,5-6,8H2,1-4H3,(H,13,14). The summed E-state index contributed by atoms with van der Waals surface area (Å²) in [6, 6.07) is 0.465. The van der Waals surface area contributed by atoms with Gasteiger partial charge in [0.05, 0.1) is 0 Å². The monoisotopic (exact) mass is 199 g/mol. The van der Waals surface area contributed by atoms with E-state index in [0.29, 0.717) is 6.04 Å². The zero-order chi connectivity index (χ0) is 11.1. The molecule has 14 heavy (non-hydrogen) atoms. The van der Waals surface area contributed by atoms with Crippen molar-refractivity contribution in [2.75, 3.05) is 13.1 Å². The van der Waals surface area contributed by atoms with Gasteiger partial charge in [0, 0.05) is 18.7 Å². The van der Waals surface area contributed by atoms with Crippen molar-refractivity contribution < 1.29 is 9.90 Å². The quantitative estimate of drug-likeness (QED) is 0.666. The molecule has 0 unspecified atom stereocenters. The van der Waals surface area contributed by atoms with Gasteiger partial charge in [0.15, 0.2) is 0 Å². The SMILES string of the molecule is CCCN(CC(C)=CC(=O)O)C(C)C. The third-order valence-electron chi connectivity index (χ3n) is 2.06. The van der Waals surface area contributed by atoms with Crippen LogP contribution in [0.5, 0.6) is 0 Å². The largest absolute Gasteiger partial charge is 0.478 e. The molecule has 0 aromatic carbocycles. The molecule has 0 atom stereocenters. The van der Waals surface area contributed by atoms with Crippen molar-refractivity contribution in [1.82, 2.24) is 4.90 Å². The van der Waals surface area contributed by atoms with Crippen molar-refractivity contribution in [1.29, 1.82) is 0 Å². The van der Waals surface area contributed by atoms with E-state index in [0.717, 1.165) is 25.1 Å². The van der Waals surface area contributed by atoms with E-state index in [9.17, 15) is 4.79 Å². The molecule has 0 rings (SSSR count). The highest BCUT2D eigenvalue weighted by Crippen LogP contribution is 2.04. The van der Waals surface area contributed by atoms with E-state index < -0.39 is 5.97 Å². The molecule has 82 valence electrons. The first-order chi connectivity index (χ1) is 6.47. The molecule has 0 saturated heterocycles. The summed E-state index contributed by atoms with van der Waals surface area (Å²) in [4.78, 5) is 12.7. The molecule has 0 bridgehead atoms. The van der Waals surface area contributed by atoms with Gasteiger partial charge in [-0.2, -0.15) is 0 Å². The Morgan fingerprint density at radius 1 is 1.50 bits per heavy atom. The fourth-order valence-corrected chi connectivity index (χ4v) is 1.38. The van der Waals surface area contributed by atoms with Crippen LogP contribution in [0.2, 0.25) is 0 Å². The maximum atomic E-state index is 10.4. The van der Waals surface area contributed by atoms with Crippen molar-refractivity contribution in [3.63, 3.8) is 0 Å². The van der Waals surface area contributed by atoms with Gasteiger partial charge in [-0.15, -0.1) is 0 Å². The molecule has 3 heteroatoms. The van der Waals surface area contributed by atoms with Gasteiger partial charge in [0.25, 0.3) is 0 Å². The second-order valence-corrected chi connectivity index (χ2v) is 3.89. The molecule has 1 N–H and O–H groups in total. The fourth-order valence-electron chi connectivity index (χ4n) is 1.38. The van der Waals surface area contributed by atoms with Crippen molar-refractivity contribution in [3.05, 3.63) is 11.6 Å². The van der Waals surface area contributed by atoms with Crippen molar-refractivity contribution in [2.24, 2.45) is 0 Å². The Balaban J connectivity index is 4.22. The second-order valence-electron chi connectivity index (χ2n) is 3.89. The number of carboxylic acids is 1. The number of nitrogens with zero attached hydrogens (tertiary/aromatic N) is 1. The Morgan fingerprint density at radius 3 is 2.43 bits per heavy atom. The van der Waals surface area contributed by atoms with Crippen LogP contribution in [0.15, 0.2) is 11.6 Å². The normalized spacial score (nSPS) is 12.6. The maximum Gasteiger partial charge on any atom is 0.328 e. The molecular formula is C11H21NO2. The lowest BCUT2D eigenvalue weighted by molar-refractivity contribution is -0.131. The Morgan fingerprint density at radius 2 is 2.07 bits per heavy atom. The zero-order valence-electron chi connectivity index (χ0n) is 9.58. The number of carbonyl (C=O) groups is 1. The van der Waals surface area contributed by atoms with Gasteiger partial charge < -0.3 is 5.11 Å². The third kappa shape index (κ3) is 5.75. The lowest BCUT2D eigenvalue weighted by atomic mass is 10.2. The van der Waals surface area contributed by atoms with Crippen LogP contribution >= 0.6 is 0 Å². The van der Waals surface area contributed by atoms with E-state index in [1.54, 1.807) is 0 Å². The maximum absolute atomic E-state index is 10.4. The van der Waals surface area contributed by atoms with Crippen LogP contribution in [0.1, 0.15) is 34.1 Å². The Hall–Kier alpha value is -0.830. The van der Waals surface area contributed by atoms with Crippen molar-refractivity contribution >= 4 is 5.97 Å². The van der Waals surface area contributed by atoms with Gasteiger partial charge in [0.1, 0.15) is 0 Å². The highest BCUT2D eigenvalue weighted by atomic mass is 16.4. The van der Waals surface area contributed by atoms with Crippen LogP contribution < -0.4 is 0 Å². The summed E-state index contributed by atoms with van der Waals surface area (Å²) in [5.74, 6) is -0.859. The third-order valence-corrected chi connectivity index (χ3v) is 2.06. The second kappa shape index (κ2) is 6.60. The minimum atomic E-state index is -0.859. The lowest BCUT2D eigenvalue weighted by Crippen LogP contribution is -2.33. The van der Waals surface area contributed by atoms with Gasteiger partial charge in [-0.05, 0) is 33.7 Å². The topological polar surface area (TPSA) is 40.5 Å². The number of rotatable bonds is 6. The summed E-state index contributed by atoms with van der Waals surface area (Å²) in [5, 5.41) is 8.57. The number of hydrogen-bond donors (Lipinski definition) is 1. The van der Waals surface area contributed by atoms with E-state index in [2.05, 4.69) is 25.7 Å². The number of hydrogen-bond acceptors (Lipinski definition) is 2. The molecular weight excluding hydrogens is 178 g/mol. The minimum absolute atomic E-state index is 0.465. The molecule has 3 nitrogen and oxygen atoms in total. The number of carboxylic acid groups (broad SMARTS) is 1. The Labute approximate surface area is 86.4 Å². The summed E-state index contributed by atoms with van der Waals surface area (Å²) >= 11 is 0. The highest BCUT2D eigenvalue weighted by molar-refractivity contribution is 5.80. The van der Waals surface area contributed by atoms with E-state index in [4.69, 9.17) is 5.11 Å². The zero-order valence-corrected chi connectivity index (χ0v) is 9.58. The van der Waals surface area contributed by atoms with E-state index >= 15 is 0 Å². The first-order valence-corrected chi connectivity index (χ1v) is 5.11. The molecule has 0 saturated carbocycles. The van der Waals surface area contributed by atoms with Crippen molar-refractivity contribution in [2.45, 2.75) is 40.2 Å². The summed E-state index contributed by atoms with van der Waals surface area (Å²) in [6.07, 6.45) is 2.38. The summed E-state index contributed by atoms with van der Waals surface area (Å²) < 4.78 is 0. The highest BCUT2D eigenvalue weighted by Gasteiger charge is 2.08.